The number of amides is 1. The Kier molecular flexibility index (Phi) is 2.74. The van der Waals surface area contributed by atoms with Gasteiger partial charge in [-0.15, -0.1) is 0 Å². The molecular formula is C10H17NO3. The van der Waals surface area contributed by atoms with Crippen LogP contribution in [-0.4, -0.2) is 47.8 Å². The standard InChI is InChI=1S/C10H17NO3/c1-7(13)11-2-3-14-10-5-8(6-12)4-9(10)11/h8-10,12H,2-6H2,1H3/t8-,9+,10?/m1/s1. The molecule has 1 saturated heterocycles. The summed E-state index contributed by atoms with van der Waals surface area (Å²) in [5.41, 5.74) is 0. The zero-order valence-electron chi connectivity index (χ0n) is 8.48. The minimum absolute atomic E-state index is 0.127. The van der Waals surface area contributed by atoms with Crippen molar-refractivity contribution in [2.24, 2.45) is 5.92 Å². The molecule has 0 aromatic heterocycles. The second-order valence-electron chi connectivity index (χ2n) is 4.21. The second-order valence-corrected chi connectivity index (χ2v) is 4.21. The maximum Gasteiger partial charge on any atom is 0.219 e. The summed E-state index contributed by atoms with van der Waals surface area (Å²) in [4.78, 5) is 13.2. The van der Waals surface area contributed by atoms with Gasteiger partial charge in [-0.05, 0) is 18.8 Å². The van der Waals surface area contributed by atoms with Crippen LogP contribution in [0.3, 0.4) is 0 Å². The summed E-state index contributed by atoms with van der Waals surface area (Å²) >= 11 is 0. The summed E-state index contributed by atoms with van der Waals surface area (Å²) < 4.78 is 5.61. The second kappa shape index (κ2) is 3.87. The van der Waals surface area contributed by atoms with E-state index in [-0.39, 0.29) is 24.7 Å². The lowest BCUT2D eigenvalue weighted by atomic mass is 10.1. The molecule has 2 aliphatic rings. The number of hydrogen-bond donors (Lipinski definition) is 1. The van der Waals surface area contributed by atoms with Crippen molar-refractivity contribution in [3.05, 3.63) is 0 Å². The number of rotatable bonds is 1. The van der Waals surface area contributed by atoms with E-state index in [0.29, 0.717) is 19.1 Å². The van der Waals surface area contributed by atoms with Crippen LogP contribution in [0.1, 0.15) is 19.8 Å². The predicted octanol–water partition coefficient (Wildman–Crippen LogP) is 0.00460. The molecule has 1 aliphatic carbocycles. The minimum Gasteiger partial charge on any atom is -0.396 e. The van der Waals surface area contributed by atoms with E-state index in [2.05, 4.69) is 0 Å². The third-order valence-electron chi connectivity index (χ3n) is 3.30. The lowest BCUT2D eigenvalue weighted by Gasteiger charge is -2.36. The van der Waals surface area contributed by atoms with Crippen LogP contribution >= 0.6 is 0 Å². The van der Waals surface area contributed by atoms with E-state index in [0.717, 1.165) is 12.8 Å². The fourth-order valence-corrected chi connectivity index (χ4v) is 2.59. The molecule has 2 fully saturated rings. The van der Waals surface area contributed by atoms with Gasteiger partial charge in [-0.25, -0.2) is 0 Å². The molecule has 80 valence electrons. The summed E-state index contributed by atoms with van der Waals surface area (Å²) in [5, 5.41) is 9.08. The van der Waals surface area contributed by atoms with E-state index in [4.69, 9.17) is 9.84 Å². The maximum atomic E-state index is 11.3. The molecule has 1 unspecified atom stereocenters. The third kappa shape index (κ3) is 1.64. The Morgan fingerprint density at radius 1 is 1.57 bits per heavy atom. The lowest BCUT2D eigenvalue weighted by Crippen LogP contribution is -2.50. The van der Waals surface area contributed by atoms with Gasteiger partial charge < -0.3 is 14.7 Å². The summed E-state index contributed by atoms with van der Waals surface area (Å²) in [6.45, 7) is 3.16. The molecule has 0 aromatic carbocycles. The number of nitrogens with zero attached hydrogens (tertiary/aromatic N) is 1. The summed E-state index contributed by atoms with van der Waals surface area (Å²) in [5.74, 6) is 0.437. The molecule has 0 spiro atoms. The molecule has 3 atom stereocenters. The highest BCUT2D eigenvalue weighted by molar-refractivity contribution is 5.73. The van der Waals surface area contributed by atoms with Gasteiger partial charge in [0.1, 0.15) is 0 Å². The highest BCUT2D eigenvalue weighted by Crippen LogP contribution is 2.33. The maximum absolute atomic E-state index is 11.3. The van der Waals surface area contributed by atoms with Crippen molar-refractivity contribution in [2.45, 2.75) is 31.9 Å². The number of aliphatic hydroxyl groups is 1. The van der Waals surface area contributed by atoms with Crippen molar-refractivity contribution in [2.75, 3.05) is 19.8 Å². The third-order valence-corrected chi connectivity index (χ3v) is 3.30. The average Bonchev–Trinajstić information content (AvgIpc) is 2.59. The van der Waals surface area contributed by atoms with Crippen LogP contribution in [-0.2, 0) is 9.53 Å². The first-order chi connectivity index (χ1) is 6.72. The molecule has 1 aliphatic heterocycles. The number of morpholine rings is 1. The van der Waals surface area contributed by atoms with Crippen LogP contribution < -0.4 is 0 Å². The van der Waals surface area contributed by atoms with Crippen molar-refractivity contribution < 1.29 is 14.6 Å². The number of aliphatic hydroxyl groups excluding tert-OH is 1. The molecule has 0 aromatic rings. The first kappa shape index (κ1) is 9.93. The van der Waals surface area contributed by atoms with Crippen LogP contribution in [0.5, 0.6) is 0 Å². The van der Waals surface area contributed by atoms with Gasteiger partial charge in [0.2, 0.25) is 5.91 Å². The van der Waals surface area contributed by atoms with Crippen molar-refractivity contribution in [3.63, 3.8) is 0 Å². The average molecular weight is 199 g/mol. The largest absolute Gasteiger partial charge is 0.396 e. The Labute approximate surface area is 83.8 Å². The Bertz CT molecular complexity index is 231. The van der Waals surface area contributed by atoms with E-state index in [9.17, 15) is 4.79 Å². The topological polar surface area (TPSA) is 49.8 Å². The van der Waals surface area contributed by atoms with E-state index < -0.39 is 0 Å². The monoisotopic (exact) mass is 199 g/mol. The molecule has 4 nitrogen and oxygen atoms in total. The Hall–Kier alpha value is -0.610. The van der Waals surface area contributed by atoms with Gasteiger partial charge in [-0.2, -0.15) is 0 Å². The Balaban J connectivity index is 2.06. The molecule has 14 heavy (non-hydrogen) atoms. The molecule has 4 heteroatoms. The van der Waals surface area contributed by atoms with Crippen LogP contribution in [0.4, 0.5) is 0 Å². The van der Waals surface area contributed by atoms with Gasteiger partial charge >= 0.3 is 0 Å². The number of fused-ring (bicyclic) bond motifs is 1. The van der Waals surface area contributed by atoms with Crippen molar-refractivity contribution in [1.82, 2.24) is 4.90 Å². The molecule has 1 amide bonds. The molecule has 0 bridgehead atoms. The van der Waals surface area contributed by atoms with Gasteiger partial charge in [0, 0.05) is 20.1 Å². The van der Waals surface area contributed by atoms with Gasteiger partial charge in [-0.3, -0.25) is 4.79 Å². The fourth-order valence-electron chi connectivity index (χ4n) is 2.59. The van der Waals surface area contributed by atoms with Gasteiger partial charge in [0.05, 0.1) is 18.8 Å². The van der Waals surface area contributed by atoms with Crippen molar-refractivity contribution in [1.29, 1.82) is 0 Å². The van der Waals surface area contributed by atoms with Gasteiger partial charge in [0.15, 0.2) is 0 Å². The van der Waals surface area contributed by atoms with E-state index in [1.807, 2.05) is 4.90 Å². The van der Waals surface area contributed by atoms with Gasteiger partial charge in [-0.1, -0.05) is 0 Å². The smallest absolute Gasteiger partial charge is 0.219 e. The molecule has 1 heterocycles. The quantitative estimate of drug-likeness (QED) is 0.647. The normalized spacial score (nSPS) is 37.0. The number of carbonyl (C=O) groups is 1. The number of hydrogen-bond acceptors (Lipinski definition) is 3. The molecule has 1 saturated carbocycles. The first-order valence-electron chi connectivity index (χ1n) is 5.22. The zero-order chi connectivity index (χ0) is 10.1. The van der Waals surface area contributed by atoms with Crippen LogP contribution in [0, 0.1) is 5.92 Å². The van der Waals surface area contributed by atoms with Crippen molar-refractivity contribution >= 4 is 5.91 Å². The molecule has 2 rings (SSSR count). The zero-order valence-corrected chi connectivity index (χ0v) is 8.48. The van der Waals surface area contributed by atoms with E-state index in [1.54, 1.807) is 6.92 Å². The predicted molar refractivity (Wildman–Crippen MR) is 50.7 cm³/mol. The molecular weight excluding hydrogens is 182 g/mol. The highest BCUT2D eigenvalue weighted by Gasteiger charge is 2.41. The lowest BCUT2D eigenvalue weighted by molar-refractivity contribution is -0.141. The summed E-state index contributed by atoms with van der Waals surface area (Å²) in [6.07, 6.45) is 1.94. The molecule has 1 N–H and O–H groups in total. The van der Waals surface area contributed by atoms with Crippen molar-refractivity contribution in [3.8, 4) is 0 Å². The van der Waals surface area contributed by atoms with Gasteiger partial charge in [0.25, 0.3) is 0 Å². The Morgan fingerprint density at radius 3 is 3.00 bits per heavy atom. The van der Waals surface area contributed by atoms with E-state index in [1.165, 1.54) is 0 Å². The fraction of sp³-hybridized carbons (Fsp3) is 0.900. The highest BCUT2D eigenvalue weighted by atomic mass is 16.5. The SMILES string of the molecule is CC(=O)N1CCOC2C[C@H](CO)C[C@@H]21. The van der Waals surface area contributed by atoms with Crippen LogP contribution in [0.25, 0.3) is 0 Å². The number of ether oxygens (including phenoxy) is 1. The summed E-state index contributed by atoms with van der Waals surface area (Å²) in [7, 11) is 0. The van der Waals surface area contributed by atoms with Crippen LogP contribution in [0.15, 0.2) is 0 Å². The minimum atomic E-state index is 0.127. The number of carbonyl (C=O) groups excluding carboxylic acids is 1. The Morgan fingerprint density at radius 2 is 2.36 bits per heavy atom. The van der Waals surface area contributed by atoms with E-state index >= 15 is 0 Å². The van der Waals surface area contributed by atoms with Crippen LogP contribution in [0.2, 0.25) is 0 Å². The first-order valence-corrected chi connectivity index (χ1v) is 5.22. The summed E-state index contributed by atoms with van der Waals surface area (Å²) in [6, 6.07) is 0.207. The molecule has 0 radical (unpaired) electrons.